The van der Waals surface area contributed by atoms with Gasteiger partial charge in [0, 0.05) is 31.2 Å². The van der Waals surface area contributed by atoms with Crippen LogP contribution in [0.1, 0.15) is 16.7 Å². The Balaban J connectivity index is 1.56. The van der Waals surface area contributed by atoms with E-state index >= 15 is 0 Å². The van der Waals surface area contributed by atoms with E-state index in [0.717, 1.165) is 16.7 Å². The lowest BCUT2D eigenvalue weighted by molar-refractivity contribution is -0.123. The van der Waals surface area contributed by atoms with Crippen molar-refractivity contribution in [1.29, 1.82) is 0 Å². The minimum Gasteiger partial charge on any atom is -0.493 e. The number of carbonyl (C=O) groups is 2. The van der Waals surface area contributed by atoms with Crippen LogP contribution in [0.25, 0.3) is 6.08 Å². The van der Waals surface area contributed by atoms with E-state index in [1.165, 1.54) is 7.11 Å². The Hall–Kier alpha value is -2.35. The van der Waals surface area contributed by atoms with Gasteiger partial charge in [0.2, 0.25) is 0 Å². The maximum atomic E-state index is 13.0. The first-order valence-corrected chi connectivity index (χ1v) is 12.5. The molecule has 2 amide bonds. The molecule has 1 heterocycles. The molecule has 1 aliphatic heterocycles. The van der Waals surface area contributed by atoms with Crippen LogP contribution in [0.4, 0.5) is 4.79 Å². The minimum absolute atomic E-state index is 0.0178. The molecule has 4 rings (SSSR count). The van der Waals surface area contributed by atoms with Gasteiger partial charge in [-0.1, -0.05) is 64.6 Å². The molecule has 180 valence electrons. The number of imide groups is 1. The summed E-state index contributed by atoms with van der Waals surface area (Å²) in [7, 11) is 1.52. The summed E-state index contributed by atoms with van der Waals surface area (Å²) >= 11 is 25.7. The van der Waals surface area contributed by atoms with E-state index in [9.17, 15) is 9.59 Å². The monoisotopic (exact) mass is 567 g/mol. The first kappa shape index (κ1) is 25.7. The molecular formula is C25H17Cl4NO4S. The van der Waals surface area contributed by atoms with E-state index < -0.39 is 11.1 Å². The predicted molar refractivity (Wildman–Crippen MR) is 142 cm³/mol. The third kappa shape index (κ3) is 5.74. The summed E-state index contributed by atoms with van der Waals surface area (Å²) in [6, 6.07) is 15.4. The average molecular weight is 569 g/mol. The topological polar surface area (TPSA) is 55.8 Å². The number of hydrogen-bond acceptors (Lipinski definition) is 5. The van der Waals surface area contributed by atoms with Crippen LogP contribution in [0.15, 0.2) is 59.5 Å². The van der Waals surface area contributed by atoms with E-state index in [1.807, 2.05) is 0 Å². The second-order valence-electron chi connectivity index (χ2n) is 7.37. The summed E-state index contributed by atoms with van der Waals surface area (Å²) < 4.78 is 11.3. The van der Waals surface area contributed by atoms with Gasteiger partial charge in [-0.05, 0) is 59.8 Å². The van der Waals surface area contributed by atoms with Crippen LogP contribution in [0.2, 0.25) is 20.1 Å². The van der Waals surface area contributed by atoms with Crippen molar-refractivity contribution in [1.82, 2.24) is 4.90 Å². The molecule has 0 unspecified atom stereocenters. The number of nitrogens with zero attached hydrogens (tertiary/aromatic N) is 1. The van der Waals surface area contributed by atoms with Crippen LogP contribution in [-0.2, 0) is 17.9 Å². The Morgan fingerprint density at radius 1 is 0.857 bits per heavy atom. The number of amides is 2. The smallest absolute Gasteiger partial charge is 0.293 e. The maximum Gasteiger partial charge on any atom is 0.293 e. The van der Waals surface area contributed by atoms with Crippen LogP contribution < -0.4 is 9.47 Å². The second-order valence-corrected chi connectivity index (χ2v) is 9.99. The largest absolute Gasteiger partial charge is 0.493 e. The highest BCUT2D eigenvalue weighted by molar-refractivity contribution is 8.18. The quantitative estimate of drug-likeness (QED) is 0.269. The van der Waals surface area contributed by atoms with Gasteiger partial charge in [-0.3, -0.25) is 14.5 Å². The Morgan fingerprint density at radius 2 is 1.46 bits per heavy atom. The van der Waals surface area contributed by atoms with Gasteiger partial charge in [0.25, 0.3) is 11.1 Å². The fourth-order valence-electron chi connectivity index (χ4n) is 3.35. The van der Waals surface area contributed by atoms with Crippen molar-refractivity contribution in [3.8, 4) is 11.5 Å². The number of carbonyl (C=O) groups excluding carboxylic acids is 2. The molecule has 0 saturated carbocycles. The highest BCUT2D eigenvalue weighted by Gasteiger charge is 2.35. The molecule has 1 fully saturated rings. The first-order valence-electron chi connectivity index (χ1n) is 10.2. The molecular weight excluding hydrogens is 552 g/mol. The van der Waals surface area contributed by atoms with Gasteiger partial charge >= 0.3 is 0 Å². The third-order valence-corrected chi connectivity index (χ3v) is 7.49. The highest BCUT2D eigenvalue weighted by atomic mass is 35.5. The highest BCUT2D eigenvalue weighted by Crippen LogP contribution is 2.37. The van der Waals surface area contributed by atoms with Crippen molar-refractivity contribution in [2.24, 2.45) is 0 Å². The van der Waals surface area contributed by atoms with Crippen molar-refractivity contribution >= 4 is 75.4 Å². The second kappa shape index (κ2) is 11.1. The van der Waals surface area contributed by atoms with Gasteiger partial charge in [-0.25, -0.2) is 0 Å². The predicted octanol–water partition coefficient (Wildman–Crippen LogP) is 8.12. The molecule has 10 heteroatoms. The lowest BCUT2D eigenvalue weighted by Crippen LogP contribution is -2.27. The van der Waals surface area contributed by atoms with Crippen molar-refractivity contribution in [3.63, 3.8) is 0 Å². The molecule has 5 nitrogen and oxygen atoms in total. The average Bonchev–Trinajstić information content (AvgIpc) is 3.08. The molecule has 0 aliphatic carbocycles. The SMILES string of the molecule is COc1ccc(/C=C2\SC(=O)N(Cc3c(Cl)cccc3Cl)C2=O)cc1OCc1c(Cl)cccc1Cl. The molecule has 0 radical (unpaired) electrons. The van der Waals surface area contributed by atoms with E-state index in [1.54, 1.807) is 60.7 Å². The zero-order valence-corrected chi connectivity index (χ0v) is 22.0. The van der Waals surface area contributed by atoms with Crippen molar-refractivity contribution in [2.45, 2.75) is 13.2 Å². The van der Waals surface area contributed by atoms with Crippen molar-refractivity contribution in [2.75, 3.05) is 7.11 Å². The van der Waals surface area contributed by atoms with Gasteiger partial charge in [0.15, 0.2) is 11.5 Å². The zero-order valence-electron chi connectivity index (χ0n) is 18.2. The normalized spacial score (nSPS) is 14.7. The Kier molecular flexibility index (Phi) is 8.19. The van der Waals surface area contributed by atoms with Gasteiger partial charge in [0.1, 0.15) is 6.61 Å². The molecule has 0 atom stereocenters. The zero-order chi connectivity index (χ0) is 25.1. The van der Waals surface area contributed by atoms with Crippen LogP contribution >= 0.6 is 58.2 Å². The van der Waals surface area contributed by atoms with Crippen molar-refractivity contribution in [3.05, 3.63) is 96.3 Å². The molecule has 1 saturated heterocycles. The molecule has 0 N–H and O–H groups in total. The number of benzene rings is 3. The first-order chi connectivity index (χ1) is 16.8. The Labute approximate surface area is 226 Å². The molecule has 3 aromatic carbocycles. The van der Waals surface area contributed by atoms with Gasteiger partial charge in [-0.15, -0.1) is 0 Å². The summed E-state index contributed by atoms with van der Waals surface area (Å²) in [4.78, 5) is 26.9. The number of halogens is 4. The van der Waals surface area contributed by atoms with Crippen molar-refractivity contribution < 1.29 is 19.1 Å². The molecule has 3 aromatic rings. The number of rotatable bonds is 7. The van der Waals surface area contributed by atoms with Crippen LogP contribution in [0.3, 0.4) is 0 Å². The number of ether oxygens (including phenoxy) is 2. The summed E-state index contributed by atoms with van der Waals surface area (Å²) in [5, 5.41) is 1.34. The van der Waals surface area contributed by atoms with Crippen LogP contribution in [0, 0.1) is 0 Å². The van der Waals surface area contributed by atoms with Gasteiger partial charge in [0.05, 0.1) is 18.6 Å². The lowest BCUT2D eigenvalue weighted by Gasteiger charge is -2.15. The van der Waals surface area contributed by atoms with E-state index in [0.29, 0.717) is 48.3 Å². The standard InChI is InChI=1S/C25H17Cl4NO4S/c1-33-21-9-8-14(10-22(21)34-13-16-19(28)6-3-7-20(16)29)11-23-24(31)30(25(32)35-23)12-15-17(26)4-2-5-18(15)27/h2-11H,12-13H2,1H3/b23-11-. The third-order valence-electron chi connectivity index (χ3n) is 5.17. The fraction of sp³-hybridized carbons (Fsp3) is 0.120. The maximum absolute atomic E-state index is 13.0. The molecule has 0 spiro atoms. The lowest BCUT2D eigenvalue weighted by atomic mass is 10.1. The number of hydrogen-bond donors (Lipinski definition) is 0. The molecule has 0 bridgehead atoms. The van der Waals surface area contributed by atoms with E-state index in [4.69, 9.17) is 55.9 Å². The van der Waals surface area contributed by atoms with Gasteiger partial charge in [-0.2, -0.15) is 0 Å². The molecule has 1 aliphatic rings. The molecule has 35 heavy (non-hydrogen) atoms. The minimum atomic E-state index is -0.433. The van der Waals surface area contributed by atoms with E-state index in [-0.39, 0.29) is 18.1 Å². The van der Waals surface area contributed by atoms with E-state index in [2.05, 4.69) is 0 Å². The summed E-state index contributed by atoms with van der Waals surface area (Å²) in [5.74, 6) is 0.489. The number of thioether (sulfide) groups is 1. The summed E-state index contributed by atoms with van der Waals surface area (Å²) in [6.45, 7) is 0.101. The Bertz CT molecular complexity index is 1300. The van der Waals surface area contributed by atoms with Crippen LogP contribution in [-0.4, -0.2) is 23.2 Å². The Morgan fingerprint density at radius 3 is 2.06 bits per heavy atom. The van der Waals surface area contributed by atoms with Crippen LogP contribution in [0.5, 0.6) is 11.5 Å². The fourth-order valence-corrected chi connectivity index (χ4v) is 5.21. The summed E-state index contributed by atoms with van der Waals surface area (Å²) in [5.41, 5.74) is 1.80. The molecule has 0 aromatic heterocycles. The summed E-state index contributed by atoms with van der Waals surface area (Å²) in [6.07, 6.45) is 1.62. The number of methoxy groups -OCH3 is 1. The van der Waals surface area contributed by atoms with Gasteiger partial charge < -0.3 is 9.47 Å².